The van der Waals surface area contributed by atoms with Gasteiger partial charge in [-0.15, -0.1) is 0 Å². The topological polar surface area (TPSA) is 237 Å². The van der Waals surface area contributed by atoms with Gasteiger partial charge in [-0.05, 0) is 63.2 Å². The zero-order valence-corrected chi connectivity index (χ0v) is 63.2. The Balaban J connectivity index is 5.29. The number of ether oxygens (including phenoxy) is 4. The Morgan fingerprint density at radius 3 is 0.863 bits per heavy atom. The molecule has 0 aliphatic heterocycles. The van der Waals surface area contributed by atoms with Crippen molar-refractivity contribution in [3.63, 3.8) is 0 Å². The Kier molecular flexibility index (Phi) is 65.6. The molecule has 0 aliphatic rings. The summed E-state index contributed by atoms with van der Waals surface area (Å²) in [7, 11) is -9.92. The van der Waals surface area contributed by atoms with Gasteiger partial charge < -0.3 is 33.8 Å². The molecule has 19 heteroatoms. The van der Waals surface area contributed by atoms with E-state index in [1.54, 1.807) is 0 Å². The Bertz CT molecular complexity index is 1930. The van der Waals surface area contributed by atoms with E-state index in [-0.39, 0.29) is 25.7 Å². The SMILES string of the molecule is CCCCCC/C=C\C=C/CCCCCCCC(=O)O[C@H](COC(=O)CCCCCCCCCCCCCCC(C)C)COP(=O)(O)OC[C@@H](O)COP(=O)(O)OC[C@@H](COC(=O)CCCCCCCCCCCC)OC(=O)CCCCCCCCCCCCCCC(C)C. The molecule has 0 amide bonds. The van der Waals surface area contributed by atoms with Gasteiger partial charge in [0, 0.05) is 25.7 Å². The van der Waals surface area contributed by atoms with E-state index in [9.17, 15) is 43.2 Å². The number of unbranched alkanes of at least 4 members (excludes halogenated alkanes) is 40. The minimum Gasteiger partial charge on any atom is -0.462 e. The summed E-state index contributed by atoms with van der Waals surface area (Å²) in [4.78, 5) is 72.8. The lowest BCUT2D eigenvalue weighted by atomic mass is 10.0. The van der Waals surface area contributed by atoms with E-state index in [1.165, 1.54) is 173 Å². The summed E-state index contributed by atoms with van der Waals surface area (Å²) in [6.07, 6.45) is 57.5. The van der Waals surface area contributed by atoms with Gasteiger partial charge in [0.05, 0.1) is 26.4 Å². The normalized spacial score (nSPS) is 14.2. The first-order valence-electron chi connectivity index (χ1n) is 38.8. The van der Waals surface area contributed by atoms with Gasteiger partial charge in [0.2, 0.25) is 0 Å². The van der Waals surface area contributed by atoms with Gasteiger partial charge in [-0.25, -0.2) is 9.13 Å². The number of aliphatic hydroxyl groups excluding tert-OH is 1. The van der Waals surface area contributed by atoms with Crippen LogP contribution in [0.25, 0.3) is 0 Å². The third-order valence-corrected chi connectivity index (χ3v) is 19.0. The summed E-state index contributed by atoms with van der Waals surface area (Å²) in [6, 6.07) is 0. The summed E-state index contributed by atoms with van der Waals surface area (Å²) in [6.45, 7) is 9.54. The van der Waals surface area contributed by atoms with Crippen LogP contribution in [0.2, 0.25) is 0 Å². The van der Waals surface area contributed by atoms with E-state index in [4.69, 9.17) is 37.0 Å². The molecule has 560 valence electrons. The minimum atomic E-state index is -4.96. The van der Waals surface area contributed by atoms with Crippen molar-refractivity contribution in [3.8, 4) is 0 Å². The molecule has 0 fully saturated rings. The van der Waals surface area contributed by atoms with Crippen molar-refractivity contribution >= 4 is 39.5 Å². The maximum absolute atomic E-state index is 13.1. The highest BCUT2D eigenvalue weighted by Gasteiger charge is 2.30. The Labute approximate surface area is 580 Å². The molecule has 17 nitrogen and oxygen atoms in total. The van der Waals surface area contributed by atoms with Crippen LogP contribution >= 0.6 is 15.6 Å². The third kappa shape index (κ3) is 69.8. The zero-order valence-electron chi connectivity index (χ0n) is 61.5. The smallest absolute Gasteiger partial charge is 0.462 e. The Morgan fingerprint density at radius 2 is 0.568 bits per heavy atom. The van der Waals surface area contributed by atoms with Crippen LogP contribution in [0.5, 0.6) is 0 Å². The Morgan fingerprint density at radius 1 is 0.326 bits per heavy atom. The fourth-order valence-electron chi connectivity index (χ4n) is 11.1. The van der Waals surface area contributed by atoms with Gasteiger partial charge in [0.1, 0.15) is 19.3 Å². The molecule has 5 atom stereocenters. The summed E-state index contributed by atoms with van der Waals surface area (Å²) in [5.74, 6) is -0.591. The second kappa shape index (κ2) is 67.4. The lowest BCUT2D eigenvalue weighted by Crippen LogP contribution is -2.30. The number of rotatable bonds is 73. The first-order chi connectivity index (χ1) is 45.9. The van der Waals surface area contributed by atoms with Crippen molar-refractivity contribution < 1.29 is 80.2 Å². The van der Waals surface area contributed by atoms with Gasteiger partial charge in [-0.1, -0.05) is 316 Å². The zero-order chi connectivity index (χ0) is 70.0. The molecule has 0 aromatic rings. The number of hydrogen-bond acceptors (Lipinski definition) is 15. The number of carbonyl (C=O) groups excluding carboxylic acids is 4. The van der Waals surface area contributed by atoms with Crippen molar-refractivity contribution in [2.75, 3.05) is 39.6 Å². The first kappa shape index (κ1) is 92.5. The highest BCUT2D eigenvalue weighted by molar-refractivity contribution is 7.47. The Hall–Kier alpha value is -2.46. The number of allylic oxidation sites excluding steroid dienone is 4. The number of phosphoric acid groups is 2. The fraction of sp³-hybridized carbons (Fsp3) is 0.895. The van der Waals surface area contributed by atoms with Crippen LogP contribution in [0, 0.1) is 11.8 Å². The van der Waals surface area contributed by atoms with Crippen molar-refractivity contribution in [2.24, 2.45) is 11.8 Å². The highest BCUT2D eigenvalue weighted by Crippen LogP contribution is 2.45. The molecule has 0 saturated carbocycles. The van der Waals surface area contributed by atoms with Gasteiger partial charge in [-0.3, -0.25) is 37.3 Å². The molecule has 3 N–H and O–H groups in total. The lowest BCUT2D eigenvalue weighted by Gasteiger charge is -2.21. The largest absolute Gasteiger partial charge is 0.472 e. The van der Waals surface area contributed by atoms with Crippen molar-refractivity contribution in [3.05, 3.63) is 24.3 Å². The van der Waals surface area contributed by atoms with E-state index in [0.29, 0.717) is 25.7 Å². The molecule has 0 aromatic carbocycles. The fourth-order valence-corrected chi connectivity index (χ4v) is 12.7. The molecule has 0 bridgehead atoms. The summed E-state index contributed by atoms with van der Waals surface area (Å²) < 4.78 is 68.5. The van der Waals surface area contributed by atoms with Gasteiger partial charge in [0.25, 0.3) is 0 Å². The van der Waals surface area contributed by atoms with Crippen LogP contribution in [0.15, 0.2) is 24.3 Å². The summed E-state index contributed by atoms with van der Waals surface area (Å²) >= 11 is 0. The van der Waals surface area contributed by atoms with Gasteiger partial charge in [0.15, 0.2) is 12.2 Å². The van der Waals surface area contributed by atoms with Gasteiger partial charge >= 0.3 is 39.5 Å². The maximum atomic E-state index is 13.1. The van der Waals surface area contributed by atoms with E-state index in [2.05, 4.69) is 65.8 Å². The molecule has 95 heavy (non-hydrogen) atoms. The first-order valence-corrected chi connectivity index (χ1v) is 41.8. The highest BCUT2D eigenvalue weighted by atomic mass is 31.2. The number of esters is 4. The van der Waals surface area contributed by atoms with E-state index >= 15 is 0 Å². The van der Waals surface area contributed by atoms with Gasteiger partial charge in [-0.2, -0.15) is 0 Å². The van der Waals surface area contributed by atoms with Crippen molar-refractivity contribution in [1.82, 2.24) is 0 Å². The molecule has 0 radical (unpaired) electrons. The summed E-state index contributed by atoms with van der Waals surface area (Å²) in [5.41, 5.74) is 0. The average molecular weight is 1390 g/mol. The molecule has 0 spiro atoms. The van der Waals surface area contributed by atoms with Crippen LogP contribution in [-0.4, -0.2) is 96.7 Å². The molecule has 0 rings (SSSR count). The van der Waals surface area contributed by atoms with E-state index < -0.39 is 97.5 Å². The van der Waals surface area contributed by atoms with Crippen LogP contribution < -0.4 is 0 Å². The molecule has 2 unspecified atom stereocenters. The second-order valence-corrected chi connectivity index (χ2v) is 30.6. The maximum Gasteiger partial charge on any atom is 0.472 e. The van der Waals surface area contributed by atoms with Crippen LogP contribution in [0.3, 0.4) is 0 Å². The average Bonchev–Trinajstić information content (AvgIpc) is 1.53. The molecule has 0 aromatic heterocycles. The molecule has 0 heterocycles. The standard InChI is InChI=1S/C76H144O17P2/c1-7-9-11-13-15-17-19-20-21-22-30-36-42-48-54-60-75(80)93-72(65-87-74(79)59-53-47-41-35-29-25-23-27-32-38-44-50-56-68(3)4)67-91-95(84,85)89-63-70(77)62-88-94(82,83)90-66-71(64-86-73(78)58-52-46-40-34-18-16-14-12-10-8-2)92-76(81)61-55-49-43-37-31-26-24-28-33-39-45-51-57-69(5)6/h17,19-21,68-72,77H,7-16,18,22-67H2,1-6H3,(H,82,83)(H,84,85)/b19-17-,21-20-/t70-,71+,72+/m0/s1. The molecule has 0 aliphatic carbocycles. The lowest BCUT2D eigenvalue weighted by molar-refractivity contribution is -0.161. The van der Waals surface area contributed by atoms with Crippen molar-refractivity contribution in [1.29, 1.82) is 0 Å². The monoisotopic (exact) mass is 1390 g/mol. The number of aliphatic hydroxyl groups is 1. The van der Waals surface area contributed by atoms with Crippen LogP contribution in [-0.2, 0) is 65.4 Å². The van der Waals surface area contributed by atoms with E-state index in [0.717, 1.165) is 115 Å². The number of phosphoric ester groups is 2. The molecular weight excluding hydrogens is 1250 g/mol. The molecule has 0 saturated heterocycles. The molecular formula is C76H144O17P2. The summed E-state index contributed by atoms with van der Waals surface area (Å²) in [5, 5.41) is 10.6. The second-order valence-electron chi connectivity index (χ2n) is 27.7. The number of hydrogen-bond donors (Lipinski definition) is 3. The van der Waals surface area contributed by atoms with Crippen LogP contribution in [0.1, 0.15) is 369 Å². The minimum absolute atomic E-state index is 0.0851. The van der Waals surface area contributed by atoms with Crippen LogP contribution in [0.4, 0.5) is 0 Å². The van der Waals surface area contributed by atoms with Crippen molar-refractivity contribution in [2.45, 2.75) is 387 Å². The van der Waals surface area contributed by atoms with E-state index in [1.807, 2.05) is 0 Å². The third-order valence-electron chi connectivity index (χ3n) is 17.1. The number of carbonyl (C=O) groups is 4. The predicted molar refractivity (Wildman–Crippen MR) is 386 cm³/mol. The predicted octanol–water partition coefficient (Wildman–Crippen LogP) is 21.9. The quantitative estimate of drug-likeness (QED) is 0.0169.